The average Bonchev–Trinajstić information content (AvgIpc) is 2.46. The summed E-state index contributed by atoms with van der Waals surface area (Å²) in [7, 11) is 0. The fraction of sp³-hybridized carbons (Fsp3) is 0.333. The number of primary amides is 1. The number of Topliss-reactive ketones (excluding diaryl/α,β-unsaturated/α-hetero) is 1. The number of benzene rings is 1. The van der Waals surface area contributed by atoms with E-state index in [0.29, 0.717) is 5.56 Å². The number of rotatable bonds is 8. The van der Waals surface area contributed by atoms with Gasteiger partial charge in [0.2, 0.25) is 0 Å². The van der Waals surface area contributed by atoms with Crippen molar-refractivity contribution in [1.29, 1.82) is 0 Å². The Morgan fingerprint density at radius 1 is 1.17 bits per heavy atom. The quantitative estimate of drug-likeness (QED) is 0.644. The van der Waals surface area contributed by atoms with E-state index < -0.39 is 42.3 Å². The second kappa shape index (κ2) is 8.52. The second-order valence-electron chi connectivity index (χ2n) is 4.89. The number of carbonyl (C=O) groups is 4. The molecule has 1 aromatic rings. The molecule has 124 valence electrons. The van der Waals surface area contributed by atoms with Gasteiger partial charge in [-0.25, -0.2) is 4.79 Å². The highest BCUT2D eigenvalue weighted by Crippen LogP contribution is 2.08. The van der Waals surface area contributed by atoms with Crippen molar-refractivity contribution in [2.75, 3.05) is 0 Å². The van der Waals surface area contributed by atoms with Gasteiger partial charge in [-0.1, -0.05) is 18.2 Å². The fourth-order valence-electron chi connectivity index (χ4n) is 1.87. The molecule has 0 aliphatic rings. The van der Waals surface area contributed by atoms with Crippen molar-refractivity contribution in [1.82, 2.24) is 5.32 Å². The molecule has 0 aromatic heterocycles. The zero-order chi connectivity index (χ0) is 17.4. The maximum atomic E-state index is 12.0. The maximum Gasteiger partial charge on any atom is 0.404 e. The molecule has 0 saturated heterocycles. The Morgan fingerprint density at radius 3 is 2.30 bits per heavy atom. The molecule has 23 heavy (non-hydrogen) atoms. The van der Waals surface area contributed by atoms with Crippen LogP contribution in [0.4, 0.5) is 4.79 Å². The summed E-state index contributed by atoms with van der Waals surface area (Å²) in [5.74, 6) is -2.14. The first-order chi connectivity index (χ1) is 10.8. The number of aliphatic carboxylic acids is 1. The molecule has 0 saturated carbocycles. The van der Waals surface area contributed by atoms with Crippen LogP contribution in [0, 0.1) is 0 Å². The van der Waals surface area contributed by atoms with Gasteiger partial charge in [-0.05, 0) is 19.1 Å². The van der Waals surface area contributed by atoms with Gasteiger partial charge in [-0.2, -0.15) is 0 Å². The summed E-state index contributed by atoms with van der Waals surface area (Å²) < 4.78 is 4.60. The van der Waals surface area contributed by atoms with E-state index in [1.807, 2.05) is 0 Å². The van der Waals surface area contributed by atoms with Gasteiger partial charge in [0.25, 0.3) is 5.91 Å². The summed E-state index contributed by atoms with van der Waals surface area (Å²) in [6.07, 6.45) is -3.24. The van der Waals surface area contributed by atoms with Gasteiger partial charge in [0.1, 0.15) is 6.10 Å². The van der Waals surface area contributed by atoms with Crippen LogP contribution in [0.5, 0.6) is 0 Å². The molecule has 2 amide bonds. The predicted octanol–water partition coefficient (Wildman–Crippen LogP) is 0.703. The van der Waals surface area contributed by atoms with Crippen molar-refractivity contribution in [2.24, 2.45) is 5.73 Å². The number of nitrogens with one attached hydrogen (secondary N) is 1. The second-order valence-corrected chi connectivity index (χ2v) is 4.89. The summed E-state index contributed by atoms with van der Waals surface area (Å²) >= 11 is 0. The minimum absolute atomic E-state index is 0.356. The van der Waals surface area contributed by atoms with E-state index in [1.54, 1.807) is 30.3 Å². The topological polar surface area (TPSA) is 136 Å². The van der Waals surface area contributed by atoms with Crippen molar-refractivity contribution in [3.63, 3.8) is 0 Å². The van der Waals surface area contributed by atoms with Gasteiger partial charge in [-0.3, -0.25) is 14.4 Å². The number of ketones is 1. The Morgan fingerprint density at radius 2 is 1.78 bits per heavy atom. The Bertz CT molecular complexity index is 571. The summed E-state index contributed by atoms with van der Waals surface area (Å²) in [6.45, 7) is 1.46. The lowest BCUT2D eigenvalue weighted by Crippen LogP contribution is -2.40. The van der Waals surface area contributed by atoms with E-state index >= 15 is 0 Å². The summed E-state index contributed by atoms with van der Waals surface area (Å²) in [6, 6.07) is 7.45. The van der Waals surface area contributed by atoms with E-state index in [0.717, 1.165) is 0 Å². The number of hydrogen-bond donors (Lipinski definition) is 3. The lowest BCUT2D eigenvalue weighted by molar-refractivity contribution is -0.139. The first-order valence-corrected chi connectivity index (χ1v) is 6.86. The molecule has 0 fully saturated rings. The molecule has 0 aliphatic carbocycles. The minimum Gasteiger partial charge on any atom is -0.481 e. The summed E-state index contributed by atoms with van der Waals surface area (Å²) in [5, 5.41) is 11.2. The Hall–Kier alpha value is -2.90. The van der Waals surface area contributed by atoms with Crippen LogP contribution in [0.25, 0.3) is 0 Å². The van der Waals surface area contributed by atoms with E-state index in [9.17, 15) is 19.2 Å². The molecule has 2 atom stereocenters. The first-order valence-electron chi connectivity index (χ1n) is 6.86. The van der Waals surface area contributed by atoms with Crippen molar-refractivity contribution >= 4 is 23.8 Å². The van der Waals surface area contributed by atoms with Gasteiger partial charge < -0.3 is 20.9 Å². The highest BCUT2D eigenvalue weighted by atomic mass is 16.6. The van der Waals surface area contributed by atoms with E-state index in [-0.39, 0.29) is 6.42 Å². The third-order valence-electron chi connectivity index (χ3n) is 2.98. The number of amides is 2. The number of carbonyl (C=O) groups excluding carboxylic acids is 3. The van der Waals surface area contributed by atoms with Crippen LogP contribution in [-0.2, 0) is 14.3 Å². The number of carboxylic acids is 1. The summed E-state index contributed by atoms with van der Waals surface area (Å²) in [5.41, 5.74) is 5.23. The van der Waals surface area contributed by atoms with Crippen LogP contribution in [0.2, 0.25) is 0 Å². The monoisotopic (exact) mass is 322 g/mol. The highest BCUT2D eigenvalue weighted by Gasteiger charge is 2.24. The zero-order valence-electron chi connectivity index (χ0n) is 12.5. The van der Waals surface area contributed by atoms with E-state index in [4.69, 9.17) is 10.8 Å². The molecule has 0 aliphatic heterocycles. The van der Waals surface area contributed by atoms with Crippen LogP contribution < -0.4 is 11.1 Å². The molecule has 1 aromatic carbocycles. The average molecular weight is 322 g/mol. The van der Waals surface area contributed by atoms with E-state index in [2.05, 4.69) is 10.1 Å². The largest absolute Gasteiger partial charge is 0.481 e. The van der Waals surface area contributed by atoms with E-state index in [1.165, 1.54) is 6.92 Å². The van der Waals surface area contributed by atoms with Crippen LogP contribution in [-0.4, -0.2) is 41.0 Å². The molecule has 0 radical (unpaired) electrons. The fourth-order valence-corrected chi connectivity index (χ4v) is 1.87. The molecule has 2 unspecified atom stereocenters. The normalized spacial score (nSPS) is 12.7. The molecule has 8 nitrogen and oxygen atoms in total. The SMILES string of the molecule is CC(NC(=O)c1ccccc1)C(=O)CC(CC(=O)O)OC(N)=O. The smallest absolute Gasteiger partial charge is 0.404 e. The van der Waals surface area contributed by atoms with Crippen LogP contribution in [0.15, 0.2) is 30.3 Å². The molecule has 0 spiro atoms. The predicted molar refractivity (Wildman–Crippen MR) is 79.7 cm³/mol. The van der Waals surface area contributed by atoms with Gasteiger partial charge >= 0.3 is 12.1 Å². The Kier molecular flexibility index (Phi) is 6.72. The van der Waals surface area contributed by atoms with Crippen LogP contribution in [0.1, 0.15) is 30.1 Å². The number of ether oxygens (including phenoxy) is 1. The molecule has 0 heterocycles. The van der Waals surface area contributed by atoms with Crippen molar-refractivity contribution < 1.29 is 29.0 Å². The lowest BCUT2D eigenvalue weighted by Gasteiger charge is -2.17. The molecular weight excluding hydrogens is 304 g/mol. The molecule has 1 rings (SSSR count). The van der Waals surface area contributed by atoms with Crippen molar-refractivity contribution in [3.05, 3.63) is 35.9 Å². The molecular formula is C15H18N2O6. The van der Waals surface area contributed by atoms with Crippen molar-refractivity contribution in [3.8, 4) is 0 Å². The van der Waals surface area contributed by atoms with Crippen LogP contribution >= 0.6 is 0 Å². The Balaban J connectivity index is 2.62. The number of nitrogens with two attached hydrogens (primary N) is 1. The van der Waals surface area contributed by atoms with Crippen LogP contribution in [0.3, 0.4) is 0 Å². The summed E-state index contributed by atoms with van der Waals surface area (Å²) in [4.78, 5) is 45.4. The highest BCUT2D eigenvalue weighted by molar-refractivity contribution is 5.97. The Labute approximate surface area is 132 Å². The van der Waals surface area contributed by atoms with Crippen molar-refractivity contribution in [2.45, 2.75) is 31.9 Å². The van der Waals surface area contributed by atoms with Gasteiger partial charge in [0, 0.05) is 12.0 Å². The number of carboxylic acid groups (broad SMARTS) is 1. The third-order valence-corrected chi connectivity index (χ3v) is 2.98. The molecule has 8 heteroatoms. The van der Waals surface area contributed by atoms with Gasteiger partial charge in [-0.15, -0.1) is 0 Å². The minimum atomic E-state index is -1.23. The molecule has 0 bridgehead atoms. The maximum absolute atomic E-state index is 12.0. The first kappa shape index (κ1) is 18.1. The van der Waals surface area contributed by atoms with Gasteiger partial charge in [0.15, 0.2) is 5.78 Å². The lowest BCUT2D eigenvalue weighted by atomic mass is 10.0. The van der Waals surface area contributed by atoms with Gasteiger partial charge in [0.05, 0.1) is 12.5 Å². The zero-order valence-corrected chi connectivity index (χ0v) is 12.5. The molecule has 4 N–H and O–H groups in total. The standard InChI is InChI=1S/C15H18N2O6/c1-9(17-14(21)10-5-3-2-4-6-10)12(18)7-11(8-13(19)20)23-15(16)22/h2-6,9,11H,7-8H2,1H3,(H2,16,22)(H,17,21)(H,19,20). The number of hydrogen-bond acceptors (Lipinski definition) is 5. The third kappa shape index (κ3) is 6.60.